The Hall–Kier alpha value is -1.88. The fraction of sp³-hybridized carbons (Fsp3) is 0.286. The molecule has 1 N–H and O–H groups in total. The molecule has 1 unspecified atom stereocenters. The molecule has 0 radical (unpaired) electrons. The van der Waals surface area contributed by atoms with Crippen molar-refractivity contribution < 1.29 is 9.53 Å². The van der Waals surface area contributed by atoms with Crippen LogP contribution >= 0.6 is 11.3 Å². The third-order valence-electron chi connectivity index (χ3n) is 3.28. The summed E-state index contributed by atoms with van der Waals surface area (Å²) in [5, 5.41) is 5.16. The Kier molecular flexibility index (Phi) is 3.21. The van der Waals surface area contributed by atoms with Crippen LogP contribution in [0.2, 0.25) is 0 Å². The van der Waals surface area contributed by atoms with E-state index in [0.29, 0.717) is 11.4 Å². The fourth-order valence-corrected chi connectivity index (χ4v) is 3.29. The maximum absolute atomic E-state index is 12.1. The molecule has 0 saturated carbocycles. The minimum absolute atomic E-state index is 0.0738. The zero-order chi connectivity index (χ0) is 13.2. The summed E-state index contributed by atoms with van der Waals surface area (Å²) >= 11 is 1.76. The van der Waals surface area contributed by atoms with Crippen LogP contribution in [0.15, 0.2) is 29.8 Å². The number of carbonyl (C=O) groups is 1. The van der Waals surface area contributed by atoms with Gasteiger partial charge in [-0.3, -0.25) is 4.79 Å². The molecule has 1 amide bonds. The van der Waals surface area contributed by atoms with Gasteiger partial charge in [0.2, 0.25) is 5.88 Å². The van der Waals surface area contributed by atoms with Crippen molar-refractivity contribution in [2.24, 2.45) is 0 Å². The Morgan fingerprint density at radius 3 is 3.00 bits per heavy atom. The molecule has 98 valence electrons. The molecular weight excluding hydrogens is 260 g/mol. The van der Waals surface area contributed by atoms with Crippen molar-refractivity contribution in [3.8, 4) is 5.88 Å². The second-order valence-electron chi connectivity index (χ2n) is 4.54. The van der Waals surface area contributed by atoms with Gasteiger partial charge in [-0.05, 0) is 29.5 Å². The molecule has 1 aliphatic rings. The fourth-order valence-electron chi connectivity index (χ4n) is 2.30. The molecule has 5 heteroatoms. The van der Waals surface area contributed by atoms with Gasteiger partial charge in [-0.2, -0.15) is 0 Å². The molecule has 2 heterocycles. The van der Waals surface area contributed by atoms with E-state index in [9.17, 15) is 4.79 Å². The van der Waals surface area contributed by atoms with Gasteiger partial charge in [0, 0.05) is 29.6 Å². The van der Waals surface area contributed by atoms with Crippen LogP contribution in [0.3, 0.4) is 0 Å². The maximum atomic E-state index is 12.1. The lowest BCUT2D eigenvalue weighted by atomic mass is 10.2. The van der Waals surface area contributed by atoms with Crippen molar-refractivity contribution in [2.45, 2.75) is 18.9 Å². The van der Waals surface area contributed by atoms with E-state index in [1.54, 1.807) is 36.8 Å². The molecular formula is C14H14N2O2S. The molecule has 3 rings (SSSR count). The molecule has 0 aromatic carbocycles. The van der Waals surface area contributed by atoms with E-state index in [2.05, 4.69) is 21.7 Å². The monoisotopic (exact) mass is 274 g/mol. The van der Waals surface area contributed by atoms with E-state index in [-0.39, 0.29) is 11.9 Å². The molecule has 0 fully saturated rings. The summed E-state index contributed by atoms with van der Waals surface area (Å²) in [6.45, 7) is 0. The number of thiophene rings is 1. The van der Waals surface area contributed by atoms with Crippen molar-refractivity contribution in [3.05, 3.63) is 45.8 Å². The average Bonchev–Trinajstić information content (AvgIpc) is 2.99. The smallest absolute Gasteiger partial charge is 0.253 e. The number of pyridine rings is 1. The van der Waals surface area contributed by atoms with Crippen LogP contribution in [0.1, 0.15) is 20.8 Å². The molecule has 2 aromatic rings. The van der Waals surface area contributed by atoms with Gasteiger partial charge in [0.15, 0.2) is 0 Å². The summed E-state index contributed by atoms with van der Waals surface area (Å²) in [7, 11) is 1.55. The number of aromatic nitrogens is 1. The number of amides is 1. The molecule has 2 aromatic heterocycles. The first kappa shape index (κ1) is 12.2. The lowest BCUT2D eigenvalue weighted by Gasteiger charge is -2.12. The highest BCUT2D eigenvalue weighted by Gasteiger charge is 2.24. The van der Waals surface area contributed by atoms with Crippen molar-refractivity contribution >= 4 is 17.2 Å². The lowest BCUT2D eigenvalue weighted by molar-refractivity contribution is 0.0938. The van der Waals surface area contributed by atoms with E-state index in [0.717, 1.165) is 12.8 Å². The molecule has 0 aliphatic heterocycles. The van der Waals surface area contributed by atoms with Crippen LogP contribution in [0.25, 0.3) is 0 Å². The predicted molar refractivity (Wildman–Crippen MR) is 73.8 cm³/mol. The average molecular weight is 274 g/mol. The quantitative estimate of drug-likeness (QED) is 0.932. The SMILES string of the molecule is COc1ccc(C(=O)NC2Cc3ccsc3C2)cn1. The summed E-state index contributed by atoms with van der Waals surface area (Å²) in [5.41, 5.74) is 1.93. The number of methoxy groups -OCH3 is 1. The highest BCUT2D eigenvalue weighted by molar-refractivity contribution is 7.10. The van der Waals surface area contributed by atoms with Gasteiger partial charge < -0.3 is 10.1 Å². The predicted octanol–water partition coefficient (Wildman–Crippen LogP) is 2.05. The second-order valence-corrected chi connectivity index (χ2v) is 5.54. The number of nitrogens with zero attached hydrogens (tertiary/aromatic N) is 1. The van der Waals surface area contributed by atoms with E-state index >= 15 is 0 Å². The zero-order valence-electron chi connectivity index (χ0n) is 10.6. The summed E-state index contributed by atoms with van der Waals surface area (Å²) < 4.78 is 4.97. The van der Waals surface area contributed by atoms with Crippen LogP contribution in [0.5, 0.6) is 5.88 Å². The largest absolute Gasteiger partial charge is 0.481 e. The van der Waals surface area contributed by atoms with Crippen LogP contribution in [0.4, 0.5) is 0 Å². The molecule has 0 saturated heterocycles. The van der Waals surface area contributed by atoms with Gasteiger partial charge in [-0.25, -0.2) is 4.98 Å². The maximum Gasteiger partial charge on any atom is 0.253 e. The Balaban J connectivity index is 1.64. The zero-order valence-corrected chi connectivity index (χ0v) is 11.4. The first-order valence-corrected chi connectivity index (χ1v) is 7.00. The van der Waals surface area contributed by atoms with E-state index < -0.39 is 0 Å². The normalized spacial score (nSPS) is 17.0. The number of hydrogen-bond acceptors (Lipinski definition) is 4. The van der Waals surface area contributed by atoms with E-state index in [1.807, 2.05) is 0 Å². The Labute approximate surface area is 115 Å². The van der Waals surface area contributed by atoms with Gasteiger partial charge in [-0.1, -0.05) is 0 Å². The topological polar surface area (TPSA) is 51.2 Å². The Bertz CT molecular complexity index is 571. The van der Waals surface area contributed by atoms with Gasteiger partial charge in [-0.15, -0.1) is 11.3 Å². The number of hydrogen-bond donors (Lipinski definition) is 1. The number of carbonyl (C=O) groups excluding carboxylic acids is 1. The van der Waals surface area contributed by atoms with E-state index in [1.165, 1.54) is 10.4 Å². The summed E-state index contributed by atoms with van der Waals surface area (Å²) in [5.74, 6) is 0.440. The van der Waals surface area contributed by atoms with Crippen LogP contribution < -0.4 is 10.1 Å². The molecule has 19 heavy (non-hydrogen) atoms. The number of nitrogens with one attached hydrogen (secondary N) is 1. The minimum atomic E-state index is -0.0738. The first-order chi connectivity index (χ1) is 9.26. The summed E-state index contributed by atoms with van der Waals surface area (Å²) in [6.07, 6.45) is 3.40. The van der Waals surface area contributed by atoms with E-state index in [4.69, 9.17) is 4.74 Å². The van der Waals surface area contributed by atoms with Crippen molar-refractivity contribution in [1.29, 1.82) is 0 Å². The van der Waals surface area contributed by atoms with Crippen molar-refractivity contribution in [2.75, 3.05) is 7.11 Å². The van der Waals surface area contributed by atoms with Gasteiger partial charge >= 0.3 is 0 Å². The second kappa shape index (κ2) is 5.01. The standard InChI is InChI=1S/C14H14N2O2S/c1-18-13-3-2-10(8-15-13)14(17)16-11-6-9-4-5-19-12(9)7-11/h2-5,8,11H,6-7H2,1H3,(H,16,17). The number of fused-ring (bicyclic) bond motifs is 1. The van der Waals surface area contributed by atoms with Crippen LogP contribution in [0, 0.1) is 0 Å². The van der Waals surface area contributed by atoms with Crippen molar-refractivity contribution in [1.82, 2.24) is 10.3 Å². The molecule has 4 nitrogen and oxygen atoms in total. The molecule has 1 aliphatic carbocycles. The first-order valence-electron chi connectivity index (χ1n) is 6.12. The minimum Gasteiger partial charge on any atom is -0.481 e. The molecule has 0 spiro atoms. The van der Waals surface area contributed by atoms with Crippen molar-refractivity contribution in [3.63, 3.8) is 0 Å². The third kappa shape index (κ3) is 2.46. The lowest BCUT2D eigenvalue weighted by Crippen LogP contribution is -2.35. The summed E-state index contributed by atoms with van der Waals surface area (Å²) in [6, 6.07) is 5.77. The third-order valence-corrected chi connectivity index (χ3v) is 4.26. The molecule has 1 atom stereocenters. The highest BCUT2D eigenvalue weighted by Crippen LogP contribution is 2.27. The van der Waals surface area contributed by atoms with Gasteiger partial charge in [0.25, 0.3) is 5.91 Å². The van der Waals surface area contributed by atoms with Gasteiger partial charge in [0.1, 0.15) is 0 Å². The van der Waals surface area contributed by atoms with Crippen LogP contribution in [-0.2, 0) is 12.8 Å². The Morgan fingerprint density at radius 2 is 2.32 bits per heavy atom. The number of rotatable bonds is 3. The number of ether oxygens (including phenoxy) is 1. The van der Waals surface area contributed by atoms with Gasteiger partial charge in [0.05, 0.1) is 12.7 Å². The van der Waals surface area contributed by atoms with Crippen LogP contribution in [-0.4, -0.2) is 24.0 Å². The molecule has 0 bridgehead atoms. The Morgan fingerprint density at radius 1 is 1.42 bits per heavy atom. The highest BCUT2D eigenvalue weighted by atomic mass is 32.1. The summed E-state index contributed by atoms with van der Waals surface area (Å²) in [4.78, 5) is 17.5.